The van der Waals surface area contributed by atoms with Crippen LogP contribution in [0.4, 0.5) is 5.69 Å². The molecule has 0 unspecified atom stereocenters. The van der Waals surface area contributed by atoms with Crippen LogP contribution in [0.25, 0.3) is 11.1 Å². The summed E-state index contributed by atoms with van der Waals surface area (Å²) in [4.78, 5) is 12.0. The number of carbonyl (C=O) groups excluding carboxylic acids is 1. The molecule has 0 radical (unpaired) electrons. The summed E-state index contributed by atoms with van der Waals surface area (Å²) in [6.07, 6.45) is 5.84. The zero-order chi connectivity index (χ0) is 20.9. The fourth-order valence-electron chi connectivity index (χ4n) is 3.97. The number of nitrogens with two attached hydrogens (primary N) is 1. The molecule has 1 fully saturated rings. The van der Waals surface area contributed by atoms with E-state index in [2.05, 4.69) is 5.32 Å². The van der Waals surface area contributed by atoms with Gasteiger partial charge in [0, 0.05) is 17.3 Å². The predicted octanol–water partition coefficient (Wildman–Crippen LogP) is 5.70. The molecule has 0 bridgehead atoms. The summed E-state index contributed by atoms with van der Waals surface area (Å²) in [5, 5.41) is 13.6. The van der Waals surface area contributed by atoms with Gasteiger partial charge < -0.3 is 20.9 Å². The Morgan fingerprint density at radius 1 is 0.933 bits per heavy atom. The second-order valence-corrected chi connectivity index (χ2v) is 7.67. The summed E-state index contributed by atoms with van der Waals surface area (Å²) in [7, 11) is 0. The molecule has 1 aliphatic carbocycles. The number of phenols is 1. The van der Waals surface area contributed by atoms with E-state index in [-0.39, 0.29) is 5.75 Å². The number of nitrogens with one attached hydrogen (secondary N) is 1. The van der Waals surface area contributed by atoms with Gasteiger partial charge in [-0.3, -0.25) is 4.79 Å². The second-order valence-electron chi connectivity index (χ2n) is 7.67. The van der Waals surface area contributed by atoms with Crippen LogP contribution in [0.5, 0.6) is 17.2 Å². The van der Waals surface area contributed by atoms with E-state index >= 15 is 0 Å². The smallest absolute Gasteiger partial charge is 0.250 e. The number of anilines is 1. The Morgan fingerprint density at radius 3 is 2.37 bits per heavy atom. The highest BCUT2D eigenvalue weighted by Crippen LogP contribution is 2.38. The Morgan fingerprint density at radius 2 is 1.63 bits per heavy atom. The van der Waals surface area contributed by atoms with Crippen molar-refractivity contribution in [1.29, 1.82) is 0 Å². The van der Waals surface area contributed by atoms with Gasteiger partial charge in [0.15, 0.2) is 11.5 Å². The monoisotopic (exact) mass is 402 g/mol. The van der Waals surface area contributed by atoms with Crippen LogP contribution in [-0.2, 0) is 0 Å². The van der Waals surface area contributed by atoms with Gasteiger partial charge in [-0.15, -0.1) is 0 Å². The summed E-state index contributed by atoms with van der Waals surface area (Å²) >= 11 is 0. The topological polar surface area (TPSA) is 84.6 Å². The maximum Gasteiger partial charge on any atom is 0.250 e. The zero-order valence-electron chi connectivity index (χ0n) is 16.8. The van der Waals surface area contributed by atoms with E-state index < -0.39 is 5.91 Å². The number of para-hydroxylation sites is 3. The van der Waals surface area contributed by atoms with Crippen molar-refractivity contribution in [2.24, 2.45) is 5.73 Å². The lowest BCUT2D eigenvalue weighted by Gasteiger charge is -2.25. The summed E-state index contributed by atoms with van der Waals surface area (Å²) in [6.45, 7) is 0. The molecule has 0 aliphatic heterocycles. The van der Waals surface area contributed by atoms with Crippen molar-refractivity contribution in [2.75, 3.05) is 5.32 Å². The molecule has 0 atom stereocenters. The number of benzene rings is 3. The molecule has 0 heterocycles. The molecule has 5 nitrogen and oxygen atoms in total. The van der Waals surface area contributed by atoms with Crippen LogP contribution in [0.2, 0.25) is 0 Å². The number of hydrogen-bond donors (Lipinski definition) is 3. The lowest BCUT2D eigenvalue weighted by molar-refractivity contribution is 0.100. The van der Waals surface area contributed by atoms with E-state index in [9.17, 15) is 9.90 Å². The molecule has 4 N–H and O–H groups in total. The fraction of sp³-hybridized carbons (Fsp3) is 0.240. The number of primary amides is 1. The number of carbonyl (C=O) groups is 1. The molecular formula is C25H26N2O3. The Labute approximate surface area is 176 Å². The highest BCUT2D eigenvalue weighted by atomic mass is 16.5. The van der Waals surface area contributed by atoms with Gasteiger partial charge in [0.2, 0.25) is 0 Å². The Bertz CT molecular complexity index is 1040. The van der Waals surface area contributed by atoms with E-state index in [1.54, 1.807) is 24.3 Å². The van der Waals surface area contributed by atoms with Crippen molar-refractivity contribution in [3.05, 3.63) is 72.3 Å². The van der Waals surface area contributed by atoms with Gasteiger partial charge in [0.05, 0.1) is 5.56 Å². The number of hydrogen-bond acceptors (Lipinski definition) is 4. The number of ether oxygens (including phenoxy) is 1. The van der Waals surface area contributed by atoms with Crippen LogP contribution in [-0.4, -0.2) is 17.1 Å². The Kier molecular flexibility index (Phi) is 5.89. The van der Waals surface area contributed by atoms with E-state index in [1.165, 1.54) is 19.3 Å². The molecular weight excluding hydrogens is 376 g/mol. The van der Waals surface area contributed by atoms with E-state index in [0.29, 0.717) is 23.1 Å². The minimum Gasteiger partial charge on any atom is -0.504 e. The molecule has 4 rings (SSSR count). The molecule has 0 saturated heterocycles. The summed E-state index contributed by atoms with van der Waals surface area (Å²) in [5.41, 5.74) is 8.64. The normalized spacial score (nSPS) is 14.3. The molecule has 1 saturated carbocycles. The first-order valence-corrected chi connectivity index (χ1v) is 10.4. The Hall–Kier alpha value is -3.47. The summed E-state index contributed by atoms with van der Waals surface area (Å²) in [5.74, 6) is 0.642. The van der Waals surface area contributed by atoms with Crippen LogP contribution in [0.3, 0.4) is 0 Å². The molecule has 3 aromatic rings. The third-order valence-corrected chi connectivity index (χ3v) is 5.53. The molecule has 1 amide bonds. The average Bonchev–Trinajstić information content (AvgIpc) is 2.76. The predicted molar refractivity (Wildman–Crippen MR) is 119 cm³/mol. The molecule has 30 heavy (non-hydrogen) atoms. The first-order chi connectivity index (χ1) is 14.6. The van der Waals surface area contributed by atoms with Crippen LogP contribution in [0.15, 0.2) is 66.7 Å². The highest BCUT2D eigenvalue weighted by molar-refractivity contribution is 5.99. The van der Waals surface area contributed by atoms with Crippen molar-refractivity contribution >= 4 is 11.6 Å². The number of phenolic OH excluding ortho intramolecular Hbond substituents is 1. The largest absolute Gasteiger partial charge is 0.504 e. The summed E-state index contributed by atoms with van der Waals surface area (Å²) in [6, 6.07) is 20.5. The average molecular weight is 402 g/mol. The lowest BCUT2D eigenvalue weighted by Crippen LogP contribution is -2.24. The van der Waals surface area contributed by atoms with E-state index in [4.69, 9.17) is 10.5 Å². The van der Waals surface area contributed by atoms with Gasteiger partial charge in [-0.05, 0) is 48.7 Å². The van der Waals surface area contributed by atoms with Crippen molar-refractivity contribution in [1.82, 2.24) is 0 Å². The van der Waals surface area contributed by atoms with E-state index in [1.807, 2.05) is 42.5 Å². The van der Waals surface area contributed by atoms with Crippen LogP contribution < -0.4 is 15.8 Å². The summed E-state index contributed by atoms with van der Waals surface area (Å²) < 4.78 is 6.00. The standard InChI is InChI=1S/C25H26N2O3/c26-25(29)20-15-14-17(16-21(20)27-18-8-2-1-3-9-18)19-10-4-6-12-23(19)30-24-13-7-5-11-22(24)28/h4-7,10-16,18,27-28H,1-3,8-9H2,(H2,26,29). The van der Waals surface area contributed by atoms with E-state index in [0.717, 1.165) is 29.7 Å². The van der Waals surface area contributed by atoms with Gasteiger partial charge in [0.1, 0.15) is 5.75 Å². The van der Waals surface area contributed by atoms with Crippen LogP contribution >= 0.6 is 0 Å². The SMILES string of the molecule is NC(=O)c1ccc(-c2ccccc2Oc2ccccc2O)cc1NC1CCCCC1. The highest BCUT2D eigenvalue weighted by Gasteiger charge is 2.18. The number of rotatable bonds is 6. The third-order valence-electron chi connectivity index (χ3n) is 5.53. The minimum atomic E-state index is -0.446. The van der Waals surface area contributed by atoms with Crippen molar-refractivity contribution in [3.63, 3.8) is 0 Å². The molecule has 5 heteroatoms. The first kappa shape index (κ1) is 19.8. The van der Waals surface area contributed by atoms with Crippen molar-refractivity contribution in [2.45, 2.75) is 38.1 Å². The molecule has 3 aromatic carbocycles. The van der Waals surface area contributed by atoms with Crippen LogP contribution in [0, 0.1) is 0 Å². The second kappa shape index (κ2) is 8.91. The number of amides is 1. The van der Waals surface area contributed by atoms with Gasteiger partial charge in [-0.25, -0.2) is 0 Å². The molecule has 154 valence electrons. The van der Waals surface area contributed by atoms with Crippen molar-refractivity contribution < 1.29 is 14.6 Å². The fourth-order valence-corrected chi connectivity index (χ4v) is 3.97. The van der Waals surface area contributed by atoms with Gasteiger partial charge in [0.25, 0.3) is 5.91 Å². The molecule has 0 aromatic heterocycles. The minimum absolute atomic E-state index is 0.0797. The Balaban J connectivity index is 1.69. The molecule has 1 aliphatic rings. The van der Waals surface area contributed by atoms with Gasteiger partial charge in [-0.2, -0.15) is 0 Å². The molecule has 0 spiro atoms. The van der Waals surface area contributed by atoms with Gasteiger partial charge in [-0.1, -0.05) is 55.7 Å². The maximum atomic E-state index is 12.0. The van der Waals surface area contributed by atoms with Gasteiger partial charge >= 0.3 is 0 Å². The quantitative estimate of drug-likeness (QED) is 0.494. The van der Waals surface area contributed by atoms with Crippen molar-refractivity contribution in [3.8, 4) is 28.4 Å². The van der Waals surface area contributed by atoms with Crippen LogP contribution in [0.1, 0.15) is 42.5 Å². The maximum absolute atomic E-state index is 12.0. The third kappa shape index (κ3) is 4.40. The first-order valence-electron chi connectivity index (χ1n) is 10.4. The lowest BCUT2D eigenvalue weighted by atomic mass is 9.94. The zero-order valence-corrected chi connectivity index (χ0v) is 16.8. The number of aromatic hydroxyl groups is 1.